The zero-order chi connectivity index (χ0) is 14.6. The van der Waals surface area contributed by atoms with E-state index in [0.717, 1.165) is 24.8 Å². The summed E-state index contributed by atoms with van der Waals surface area (Å²) in [5.41, 5.74) is 0.467. The van der Waals surface area contributed by atoms with Gasteiger partial charge in [-0.05, 0) is 36.0 Å². The molecule has 1 amide bonds. The van der Waals surface area contributed by atoms with Gasteiger partial charge in [-0.2, -0.15) is 0 Å². The second kappa shape index (κ2) is 6.03. The number of carbonyl (C=O) groups is 2. The molecule has 0 bridgehead atoms. The summed E-state index contributed by atoms with van der Waals surface area (Å²) in [5, 5.41) is 11.7. The Bertz CT molecular complexity index is 494. The maximum atomic E-state index is 12.7. The first-order valence-electron chi connectivity index (χ1n) is 6.72. The van der Waals surface area contributed by atoms with Crippen LogP contribution in [0.25, 0.3) is 0 Å². The second-order valence-electron chi connectivity index (χ2n) is 5.50. The van der Waals surface area contributed by atoms with Crippen molar-refractivity contribution in [2.45, 2.75) is 32.1 Å². The van der Waals surface area contributed by atoms with Crippen LogP contribution in [-0.4, -0.2) is 23.5 Å². The van der Waals surface area contributed by atoms with Crippen LogP contribution in [0.5, 0.6) is 0 Å². The molecule has 0 aromatic heterocycles. The fourth-order valence-corrected chi connectivity index (χ4v) is 2.55. The predicted molar refractivity (Wildman–Crippen MR) is 71.7 cm³/mol. The molecule has 0 spiro atoms. The number of nitrogens with one attached hydrogen (secondary N) is 1. The van der Waals surface area contributed by atoms with Crippen molar-refractivity contribution >= 4 is 11.9 Å². The first-order chi connectivity index (χ1) is 9.49. The summed E-state index contributed by atoms with van der Waals surface area (Å²) in [6, 6.07) is 5.79. The van der Waals surface area contributed by atoms with Crippen molar-refractivity contribution in [2.75, 3.05) is 6.54 Å². The molecule has 0 atom stereocenters. The van der Waals surface area contributed by atoms with Gasteiger partial charge in [0.15, 0.2) is 0 Å². The summed E-state index contributed by atoms with van der Waals surface area (Å²) < 4.78 is 12.7. The quantitative estimate of drug-likeness (QED) is 0.838. The molecule has 2 rings (SSSR count). The molecule has 0 unspecified atom stereocenters. The highest BCUT2D eigenvalue weighted by Gasteiger charge is 2.39. The van der Waals surface area contributed by atoms with Gasteiger partial charge < -0.3 is 10.4 Å². The van der Waals surface area contributed by atoms with Crippen molar-refractivity contribution in [3.8, 4) is 0 Å². The summed E-state index contributed by atoms with van der Waals surface area (Å²) in [6.07, 6.45) is 2.99. The van der Waals surface area contributed by atoms with Crippen LogP contribution < -0.4 is 5.32 Å². The van der Waals surface area contributed by atoms with E-state index in [1.807, 2.05) is 0 Å². The number of carboxylic acid groups (broad SMARTS) is 1. The molecule has 20 heavy (non-hydrogen) atoms. The highest BCUT2D eigenvalue weighted by atomic mass is 19.1. The number of rotatable bonds is 6. The average molecular weight is 279 g/mol. The summed E-state index contributed by atoms with van der Waals surface area (Å²) in [6.45, 7) is 0.402. The van der Waals surface area contributed by atoms with Gasteiger partial charge in [0.25, 0.3) is 0 Å². The van der Waals surface area contributed by atoms with Crippen LogP contribution in [0.3, 0.4) is 0 Å². The molecule has 2 N–H and O–H groups in total. The molecule has 1 aromatic rings. The molecular weight excluding hydrogens is 261 g/mol. The predicted octanol–water partition coefficient (Wildman–Crippen LogP) is 2.13. The topological polar surface area (TPSA) is 66.4 Å². The summed E-state index contributed by atoms with van der Waals surface area (Å²) >= 11 is 0. The Morgan fingerprint density at radius 3 is 2.40 bits per heavy atom. The van der Waals surface area contributed by atoms with Crippen LogP contribution in [0.1, 0.15) is 31.2 Å². The van der Waals surface area contributed by atoms with Crippen LogP contribution in [-0.2, 0) is 16.0 Å². The Balaban J connectivity index is 1.82. The van der Waals surface area contributed by atoms with Gasteiger partial charge in [-0.15, -0.1) is 0 Å². The van der Waals surface area contributed by atoms with Gasteiger partial charge in [0.2, 0.25) is 5.91 Å². The van der Waals surface area contributed by atoms with Crippen LogP contribution in [0.2, 0.25) is 0 Å². The number of amides is 1. The average Bonchev–Trinajstić information content (AvgIpc) is 2.35. The van der Waals surface area contributed by atoms with E-state index in [1.54, 1.807) is 12.1 Å². The maximum absolute atomic E-state index is 12.7. The number of halogens is 1. The van der Waals surface area contributed by atoms with E-state index >= 15 is 0 Å². The minimum Gasteiger partial charge on any atom is -0.481 e. The number of carboxylic acids is 1. The fraction of sp³-hybridized carbons (Fsp3) is 0.467. The van der Waals surface area contributed by atoms with Crippen molar-refractivity contribution in [1.82, 2.24) is 5.32 Å². The molecule has 0 radical (unpaired) electrons. The molecule has 0 heterocycles. The summed E-state index contributed by atoms with van der Waals surface area (Å²) in [5.74, 6) is -1.31. The normalized spacial score (nSPS) is 16.2. The Labute approximate surface area is 117 Å². The molecule has 1 saturated carbocycles. The van der Waals surface area contributed by atoms with E-state index in [9.17, 15) is 14.0 Å². The van der Waals surface area contributed by atoms with Gasteiger partial charge in [-0.25, -0.2) is 4.39 Å². The number of aliphatic carboxylic acids is 1. The molecule has 1 aliphatic carbocycles. The number of benzene rings is 1. The first kappa shape index (κ1) is 14.5. The molecule has 1 fully saturated rings. The Morgan fingerprint density at radius 2 is 1.90 bits per heavy atom. The lowest BCUT2D eigenvalue weighted by Gasteiger charge is -2.40. The third-order valence-electron chi connectivity index (χ3n) is 3.88. The Kier molecular flexibility index (Phi) is 4.37. The largest absolute Gasteiger partial charge is 0.481 e. The molecule has 0 aliphatic heterocycles. The molecule has 4 nitrogen and oxygen atoms in total. The maximum Gasteiger partial charge on any atom is 0.303 e. The third-order valence-corrected chi connectivity index (χ3v) is 3.88. The SMILES string of the molecule is O=C(O)CC1(CNC(=O)Cc2ccc(F)cc2)CCC1. The first-order valence-corrected chi connectivity index (χ1v) is 6.72. The zero-order valence-corrected chi connectivity index (χ0v) is 11.2. The van der Waals surface area contributed by atoms with Crippen LogP contribution in [0, 0.1) is 11.2 Å². The summed E-state index contributed by atoms with van der Waals surface area (Å²) in [7, 11) is 0. The van der Waals surface area contributed by atoms with Crippen LogP contribution >= 0.6 is 0 Å². The van der Waals surface area contributed by atoms with Crippen molar-refractivity contribution in [1.29, 1.82) is 0 Å². The standard InChI is InChI=1S/C15H18FNO3/c16-12-4-2-11(3-5-12)8-13(18)17-10-15(6-1-7-15)9-14(19)20/h2-5H,1,6-10H2,(H,17,18)(H,19,20). The molecule has 0 saturated heterocycles. The lowest BCUT2D eigenvalue weighted by molar-refractivity contribution is -0.141. The number of hydrogen-bond donors (Lipinski definition) is 2. The highest BCUT2D eigenvalue weighted by Crippen LogP contribution is 2.43. The van der Waals surface area contributed by atoms with Crippen molar-refractivity contribution in [3.63, 3.8) is 0 Å². The Morgan fingerprint density at radius 1 is 1.25 bits per heavy atom. The van der Waals surface area contributed by atoms with Gasteiger partial charge in [0, 0.05) is 6.54 Å². The van der Waals surface area contributed by atoms with E-state index in [0.29, 0.717) is 6.54 Å². The number of carbonyl (C=O) groups excluding carboxylic acids is 1. The fourth-order valence-electron chi connectivity index (χ4n) is 2.55. The molecule has 108 valence electrons. The van der Waals surface area contributed by atoms with E-state index in [4.69, 9.17) is 5.11 Å². The zero-order valence-electron chi connectivity index (χ0n) is 11.2. The minimum atomic E-state index is -0.822. The van der Waals surface area contributed by atoms with Crippen molar-refractivity contribution in [2.24, 2.45) is 5.41 Å². The second-order valence-corrected chi connectivity index (χ2v) is 5.50. The monoisotopic (exact) mass is 279 g/mol. The third kappa shape index (κ3) is 3.79. The van der Waals surface area contributed by atoms with Gasteiger partial charge in [-0.1, -0.05) is 18.6 Å². The smallest absolute Gasteiger partial charge is 0.303 e. The molecule has 1 aromatic carbocycles. The Hall–Kier alpha value is -1.91. The van der Waals surface area contributed by atoms with Crippen LogP contribution in [0.15, 0.2) is 24.3 Å². The highest BCUT2D eigenvalue weighted by molar-refractivity contribution is 5.78. The molecule has 1 aliphatic rings. The molecule has 5 heteroatoms. The van der Waals surface area contributed by atoms with Crippen molar-refractivity contribution < 1.29 is 19.1 Å². The van der Waals surface area contributed by atoms with E-state index in [1.165, 1.54) is 12.1 Å². The van der Waals surface area contributed by atoms with Gasteiger partial charge in [0.1, 0.15) is 5.82 Å². The lowest BCUT2D eigenvalue weighted by atomic mass is 9.66. The van der Waals surface area contributed by atoms with E-state index < -0.39 is 5.97 Å². The van der Waals surface area contributed by atoms with E-state index in [-0.39, 0.29) is 30.0 Å². The van der Waals surface area contributed by atoms with Crippen LogP contribution in [0.4, 0.5) is 4.39 Å². The summed E-state index contributed by atoms with van der Waals surface area (Å²) in [4.78, 5) is 22.6. The van der Waals surface area contributed by atoms with Gasteiger partial charge in [-0.3, -0.25) is 9.59 Å². The number of hydrogen-bond acceptors (Lipinski definition) is 2. The van der Waals surface area contributed by atoms with Gasteiger partial charge in [0.05, 0.1) is 12.8 Å². The van der Waals surface area contributed by atoms with E-state index in [2.05, 4.69) is 5.32 Å². The molecular formula is C15H18FNO3. The van der Waals surface area contributed by atoms with Gasteiger partial charge >= 0.3 is 5.97 Å². The lowest BCUT2D eigenvalue weighted by Crippen LogP contribution is -2.43. The minimum absolute atomic E-state index is 0.101. The van der Waals surface area contributed by atoms with Crippen molar-refractivity contribution in [3.05, 3.63) is 35.6 Å².